The number of likely N-dealkylation sites (N-methyl/N-ethyl adjacent to an activating group) is 1. The maximum absolute atomic E-state index is 13.6. The van der Waals surface area contributed by atoms with E-state index >= 15 is 0 Å². The Balaban J connectivity index is 5.16. The molecule has 3 unspecified atom stereocenters. The molecule has 9 nitrogen and oxygen atoms in total. The molecule has 0 aromatic carbocycles. The molecule has 1 amide bonds. The van der Waals surface area contributed by atoms with Crippen LogP contribution in [0.25, 0.3) is 0 Å². The average molecular weight is 1100 g/mol. The molecule has 0 aliphatic carbocycles. The lowest BCUT2D eigenvalue weighted by Gasteiger charge is -2.27. The number of rotatable bonds is 58. The van der Waals surface area contributed by atoms with E-state index in [0.29, 0.717) is 23.9 Å². The highest BCUT2D eigenvalue weighted by Gasteiger charge is 2.30. The molecule has 0 fully saturated rings. The van der Waals surface area contributed by atoms with Gasteiger partial charge in [0.25, 0.3) is 0 Å². The predicted molar refractivity (Wildman–Crippen MR) is 332 cm³/mol. The standard InChI is InChI=1S/C67H123N2O7P/c1-7-10-13-16-19-22-25-27-29-31-32-33-34-35-36-38-39-41-44-47-50-53-56-59-66(70)68-64(63-75-77(72,73)74-62-61-69(4,5)6)65(58-55-52-49-46-43-24-21-18-15-12-9-3)76-67(71)60-57-54-51-48-45-42-40-37-30-28-26-23-20-17-14-11-8-2/h19-20,22-23,27-30,40,42,55,58,64-65H,7-18,21,24-26,31-39,41,43-54,56-57,59-63H2,1-6H3,(H-,68,70,72,73)/p+1/b22-19-,23-20-,29-27-,30-28-,42-40-,58-55-. The van der Waals surface area contributed by atoms with Gasteiger partial charge in [0.05, 0.1) is 33.8 Å². The summed E-state index contributed by atoms with van der Waals surface area (Å²) in [5, 5.41) is 3.05. The lowest BCUT2D eigenvalue weighted by molar-refractivity contribution is -0.870. The number of hydrogen-bond donors (Lipinski definition) is 2. The van der Waals surface area contributed by atoms with Crippen molar-refractivity contribution in [3.05, 3.63) is 72.9 Å². The van der Waals surface area contributed by atoms with Crippen molar-refractivity contribution in [2.24, 2.45) is 0 Å². The molecule has 2 N–H and O–H groups in total. The first-order chi connectivity index (χ1) is 37.4. The second-order valence-electron chi connectivity index (χ2n) is 22.9. The summed E-state index contributed by atoms with van der Waals surface area (Å²) in [4.78, 5) is 37.7. The number of ether oxygens (including phenoxy) is 1. The molecule has 10 heteroatoms. The molecule has 0 bridgehead atoms. The second-order valence-corrected chi connectivity index (χ2v) is 24.4. The summed E-state index contributed by atoms with van der Waals surface area (Å²) in [6.07, 6.45) is 73.3. The summed E-state index contributed by atoms with van der Waals surface area (Å²) in [5.74, 6) is -0.527. The van der Waals surface area contributed by atoms with Gasteiger partial charge in [0.2, 0.25) is 5.91 Å². The van der Waals surface area contributed by atoms with Crippen LogP contribution in [0.2, 0.25) is 0 Å². The van der Waals surface area contributed by atoms with E-state index in [2.05, 4.69) is 86.8 Å². The monoisotopic (exact) mass is 1100 g/mol. The Morgan fingerprint density at radius 1 is 0.455 bits per heavy atom. The normalized spacial score (nSPS) is 14.1. The molecular formula is C67H124N2O7P+. The fraction of sp³-hybridized carbons (Fsp3) is 0.791. The molecule has 0 aliphatic heterocycles. The van der Waals surface area contributed by atoms with Crippen molar-refractivity contribution >= 4 is 19.7 Å². The summed E-state index contributed by atoms with van der Waals surface area (Å²) in [6.45, 7) is 6.95. The minimum Gasteiger partial charge on any atom is -0.456 e. The molecule has 448 valence electrons. The van der Waals surface area contributed by atoms with Gasteiger partial charge in [0, 0.05) is 12.8 Å². The number of carbonyl (C=O) groups is 2. The smallest absolute Gasteiger partial charge is 0.456 e. The van der Waals surface area contributed by atoms with Gasteiger partial charge in [-0.3, -0.25) is 18.6 Å². The van der Waals surface area contributed by atoms with Crippen molar-refractivity contribution in [1.82, 2.24) is 5.32 Å². The van der Waals surface area contributed by atoms with Crippen LogP contribution >= 0.6 is 7.82 Å². The molecule has 77 heavy (non-hydrogen) atoms. The summed E-state index contributed by atoms with van der Waals surface area (Å²) >= 11 is 0. The minimum atomic E-state index is -4.46. The van der Waals surface area contributed by atoms with Gasteiger partial charge in [-0.05, 0) is 102 Å². The molecule has 0 saturated carbocycles. The maximum Gasteiger partial charge on any atom is 0.472 e. The van der Waals surface area contributed by atoms with Crippen LogP contribution in [-0.4, -0.2) is 74.3 Å². The number of phosphoric ester groups is 1. The molecule has 0 aromatic heterocycles. The predicted octanol–water partition coefficient (Wildman–Crippen LogP) is 20.0. The Morgan fingerprint density at radius 2 is 0.792 bits per heavy atom. The number of carbonyl (C=O) groups excluding carboxylic acids is 2. The van der Waals surface area contributed by atoms with Gasteiger partial charge in [0.1, 0.15) is 19.3 Å². The molecule has 0 radical (unpaired) electrons. The number of amides is 1. The number of unbranched alkanes of at least 4 members (excludes halogenated alkanes) is 32. The highest BCUT2D eigenvalue weighted by Crippen LogP contribution is 2.43. The van der Waals surface area contributed by atoms with E-state index in [1.54, 1.807) is 0 Å². The lowest BCUT2D eigenvalue weighted by Crippen LogP contribution is -2.47. The molecule has 0 spiro atoms. The van der Waals surface area contributed by atoms with Crippen LogP contribution in [-0.2, 0) is 27.9 Å². The lowest BCUT2D eigenvalue weighted by atomic mass is 10.0. The van der Waals surface area contributed by atoms with E-state index in [1.165, 1.54) is 167 Å². The first-order valence-electron chi connectivity index (χ1n) is 32.3. The number of phosphoric acid groups is 1. The van der Waals surface area contributed by atoms with Crippen LogP contribution < -0.4 is 5.32 Å². The van der Waals surface area contributed by atoms with Crippen LogP contribution in [0.3, 0.4) is 0 Å². The molecule has 0 saturated heterocycles. The van der Waals surface area contributed by atoms with E-state index in [0.717, 1.165) is 83.5 Å². The number of nitrogens with zero attached hydrogens (tertiary/aromatic N) is 1. The summed E-state index contributed by atoms with van der Waals surface area (Å²) in [5.41, 5.74) is 0. The number of allylic oxidation sites excluding steroid dienone is 11. The van der Waals surface area contributed by atoms with Gasteiger partial charge >= 0.3 is 13.8 Å². The van der Waals surface area contributed by atoms with Gasteiger partial charge in [-0.1, -0.05) is 248 Å². The topological polar surface area (TPSA) is 111 Å². The number of quaternary nitrogens is 1. The molecule has 0 aromatic rings. The summed E-state index contributed by atoms with van der Waals surface area (Å²) in [7, 11) is 1.48. The van der Waals surface area contributed by atoms with E-state index in [9.17, 15) is 19.0 Å². The quantitative estimate of drug-likeness (QED) is 0.0205. The number of hydrogen-bond acceptors (Lipinski definition) is 6. The zero-order valence-corrected chi connectivity index (χ0v) is 52.1. The fourth-order valence-electron chi connectivity index (χ4n) is 9.10. The Bertz CT molecular complexity index is 1550. The van der Waals surface area contributed by atoms with Gasteiger partial charge in [-0.15, -0.1) is 0 Å². The van der Waals surface area contributed by atoms with Crippen LogP contribution in [0, 0.1) is 0 Å². The summed E-state index contributed by atoms with van der Waals surface area (Å²) < 4.78 is 30.7. The Hall–Kier alpha value is -2.55. The van der Waals surface area contributed by atoms with Crippen LogP contribution in [0.4, 0.5) is 0 Å². The Morgan fingerprint density at radius 3 is 1.21 bits per heavy atom. The third-order valence-electron chi connectivity index (χ3n) is 14.1. The van der Waals surface area contributed by atoms with E-state index in [4.69, 9.17) is 13.8 Å². The van der Waals surface area contributed by atoms with Gasteiger partial charge < -0.3 is 19.4 Å². The van der Waals surface area contributed by atoms with Crippen molar-refractivity contribution in [3.63, 3.8) is 0 Å². The number of esters is 1. The maximum atomic E-state index is 13.6. The fourth-order valence-corrected chi connectivity index (χ4v) is 9.83. The zero-order chi connectivity index (χ0) is 56.4. The van der Waals surface area contributed by atoms with Crippen LogP contribution in [0.5, 0.6) is 0 Å². The van der Waals surface area contributed by atoms with E-state index in [1.807, 2.05) is 33.3 Å². The van der Waals surface area contributed by atoms with Crippen molar-refractivity contribution in [1.29, 1.82) is 0 Å². The Kier molecular flexibility index (Phi) is 54.8. The van der Waals surface area contributed by atoms with E-state index in [-0.39, 0.29) is 31.5 Å². The minimum absolute atomic E-state index is 0.0346. The van der Waals surface area contributed by atoms with Crippen LogP contribution in [0.1, 0.15) is 290 Å². The third kappa shape index (κ3) is 57.9. The molecule has 0 rings (SSSR count). The first-order valence-corrected chi connectivity index (χ1v) is 33.8. The van der Waals surface area contributed by atoms with Crippen LogP contribution in [0.15, 0.2) is 72.9 Å². The van der Waals surface area contributed by atoms with Crippen molar-refractivity contribution in [2.45, 2.75) is 303 Å². The second kappa shape index (κ2) is 56.7. The van der Waals surface area contributed by atoms with E-state index < -0.39 is 20.0 Å². The third-order valence-corrected chi connectivity index (χ3v) is 15.1. The largest absolute Gasteiger partial charge is 0.472 e. The van der Waals surface area contributed by atoms with Gasteiger partial charge in [-0.2, -0.15) is 0 Å². The van der Waals surface area contributed by atoms with Crippen molar-refractivity contribution in [2.75, 3.05) is 40.9 Å². The molecule has 0 heterocycles. The summed E-state index contributed by atoms with van der Waals surface area (Å²) in [6, 6.07) is -0.860. The first kappa shape index (κ1) is 74.5. The average Bonchev–Trinajstić information content (AvgIpc) is 3.39. The zero-order valence-electron chi connectivity index (χ0n) is 51.2. The van der Waals surface area contributed by atoms with Gasteiger partial charge in [-0.25, -0.2) is 4.57 Å². The SMILES string of the molecule is CCCCC/C=C\C/C=C\C/C=C\CCCCCCC(=O)OC(/C=C\CCCCCCCCCCC)C(COP(=O)(O)OCC[N+](C)(C)C)NC(=O)CCCCCCCCCCCCCCC/C=C\C/C=C\CCCCC. The van der Waals surface area contributed by atoms with Crippen molar-refractivity contribution in [3.8, 4) is 0 Å². The van der Waals surface area contributed by atoms with Crippen molar-refractivity contribution < 1.29 is 37.3 Å². The molecule has 3 atom stereocenters. The highest BCUT2D eigenvalue weighted by molar-refractivity contribution is 7.47. The van der Waals surface area contributed by atoms with Gasteiger partial charge in [0.15, 0.2) is 0 Å². The molecule has 0 aliphatic rings. The highest BCUT2D eigenvalue weighted by atomic mass is 31.2. The molecular weight excluding hydrogens is 976 g/mol. The Labute approximate surface area is 476 Å². The number of nitrogens with one attached hydrogen (secondary N) is 1.